The van der Waals surface area contributed by atoms with Crippen LogP contribution in [0.25, 0.3) is 0 Å². The second-order valence-corrected chi connectivity index (χ2v) is 6.45. The van der Waals surface area contributed by atoms with Crippen molar-refractivity contribution in [2.75, 3.05) is 13.1 Å². The zero-order valence-electron chi connectivity index (χ0n) is 12.8. The van der Waals surface area contributed by atoms with Gasteiger partial charge in [0.1, 0.15) is 11.9 Å². The van der Waals surface area contributed by atoms with Crippen molar-refractivity contribution in [2.24, 2.45) is 0 Å². The van der Waals surface area contributed by atoms with Crippen LogP contribution < -0.4 is 4.74 Å². The highest BCUT2D eigenvalue weighted by Crippen LogP contribution is 2.20. The lowest BCUT2D eigenvalue weighted by molar-refractivity contribution is 0.0531. The number of aryl methyl sites for hydroxylation is 2. The minimum atomic E-state index is -0.00800. The van der Waals surface area contributed by atoms with Crippen molar-refractivity contribution in [3.8, 4) is 5.88 Å². The maximum absolute atomic E-state index is 12.4. The normalized spacial score (nSPS) is 18.3. The topological polar surface area (TPSA) is 55.3 Å². The molecule has 1 aliphatic heterocycles. The fraction of sp³-hybridized carbons (Fsp3) is 0.438. The lowest BCUT2D eigenvalue weighted by Gasteiger charge is -2.32. The molecule has 0 bridgehead atoms. The van der Waals surface area contributed by atoms with Gasteiger partial charge < -0.3 is 9.64 Å². The summed E-state index contributed by atoms with van der Waals surface area (Å²) in [6.07, 6.45) is 1.88. The summed E-state index contributed by atoms with van der Waals surface area (Å²) in [5, 5.41) is 1.93. The van der Waals surface area contributed by atoms with Gasteiger partial charge in [0, 0.05) is 18.3 Å². The van der Waals surface area contributed by atoms with Crippen LogP contribution in [-0.4, -0.2) is 40.0 Å². The van der Waals surface area contributed by atoms with Crippen molar-refractivity contribution < 1.29 is 9.53 Å². The summed E-state index contributed by atoms with van der Waals surface area (Å²) in [6, 6.07) is 5.61. The van der Waals surface area contributed by atoms with Crippen LogP contribution in [-0.2, 0) is 0 Å². The molecule has 5 nitrogen and oxygen atoms in total. The van der Waals surface area contributed by atoms with E-state index in [2.05, 4.69) is 9.97 Å². The van der Waals surface area contributed by atoms with Gasteiger partial charge in [-0.25, -0.2) is 4.98 Å². The average molecular weight is 317 g/mol. The third kappa shape index (κ3) is 3.44. The average Bonchev–Trinajstić information content (AvgIpc) is 3.00. The van der Waals surface area contributed by atoms with Gasteiger partial charge >= 0.3 is 0 Å². The zero-order chi connectivity index (χ0) is 15.5. The van der Waals surface area contributed by atoms with E-state index in [1.54, 1.807) is 0 Å². The number of likely N-dealkylation sites (tertiary alicyclic amines) is 1. The Morgan fingerprint density at radius 3 is 3.00 bits per heavy atom. The number of carbonyl (C=O) groups is 1. The highest BCUT2D eigenvalue weighted by atomic mass is 32.1. The second kappa shape index (κ2) is 6.44. The Morgan fingerprint density at radius 1 is 1.41 bits per heavy atom. The van der Waals surface area contributed by atoms with Crippen LogP contribution in [0.2, 0.25) is 0 Å². The Morgan fingerprint density at radius 2 is 2.27 bits per heavy atom. The van der Waals surface area contributed by atoms with Gasteiger partial charge in [-0.05, 0) is 38.1 Å². The predicted molar refractivity (Wildman–Crippen MR) is 85.4 cm³/mol. The molecule has 3 heterocycles. The fourth-order valence-electron chi connectivity index (χ4n) is 2.69. The number of thiophene rings is 1. The molecule has 0 aliphatic carbocycles. The Hall–Kier alpha value is -1.95. The molecule has 3 rings (SSSR count). The van der Waals surface area contributed by atoms with E-state index in [0.29, 0.717) is 18.2 Å². The van der Waals surface area contributed by atoms with Crippen molar-refractivity contribution in [1.82, 2.24) is 14.9 Å². The van der Waals surface area contributed by atoms with E-state index in [1.807, 2.05) is 42.3 Å². The molecular weight excluding hydrogens is 298 g/mol. The number of piperidine rings is 1. The molecule has 1 fully saturated rings. The molecule has 0 saturated carbocycles. The molecule has 0 aromatic carbocycles. The fourth-order valence-corrected chi connectivity index (χ4v) is 3.38. The minimum Gasteiger partial charge on any atom is -0.472 e. The van der Waals surface area contributed by atoms with Gasteiger partial charge in [0.05, 0.1) is 11.4 Å². The molecule has 1 saturated heterocycles. The molecular formula is C16H19N3O2S. The van der Waals surface area contributed by atoms with Crippen LogP contribution in [0.15, 0.2) is 23.6 Å². The van der Waals surface area contributed by atoms with E-state index in [-0.39, 0.29) is 12.0 Å². The van der Waals surface area contributed by atoms with E-state index in [4.69, 9.17) is 4.74 Å². The summed E-state index contributed by atoms with van der Waals surface area (Å²) < 4.78 is 5.97. The highest BCUT2D eigenvalue weighted by molar-refractivity contribution is 7.12. The van der Waals surface area contributed by atoms with Gasteiger partial charge in [-0.1, -0.05) is 6.07 Å². The number of hydrogen-bond acceptors (Lipinski definition) is 5. The smallest absolute Gasteiger partial charge is 0.264 e. The van der Waals surface area contributed by atoms with E-state index in [1.165, 1.54) is 11.3 Å². The van der Waals surface area contributed by atoms with Crippen LogP contribution in [0.5, 0.6) is 5.88 Å². The Labute approximate surface area is 134 Å². The number of rotatable bonds is 3. The number of aromatic nitrogens is 2. The van der Waals surface area contributed by atoms with Gasteiger partial charge in [0.25, 0.3) is 5.91 Å². The zero-order valence-corrected chi connectivity index (χ0v) is 13.6. The first kappa shape index (κ1) is 15.0. The van der Waals surface area contributed by atoms with Crippen molar-refractivity contribution in [3.63, 3.8) is 0 Å². The lowest BCUT2D eigenvalue weighted by Crippen LogP contribution is -2.44. The first-order valence-corrected chi connectivity index (χ1v) is 8.31. The number of hydrogen-bond donors (Lipinski definition) is 0. The van der Waals surface area contributed by atoms with Gasteiger partial charge in [-0.15, -0.1) is 11.3 Å². The number of ether oxygens (including phenoxy) is 1. The van der Waals surface area contributed by atoms with Crippen LogP contribution >= 0.6 is 11.3 Å². The van der Waals surface area contributed by atoms with E-state index < -0.39 is 0 Å². The van der Waals surface area contributed by atoms with Gasteiger partial charge in [-0.3, -0.25) is 4.79 Å². The van der Waals surface area contributed by atoms with Crippen LogP contribution in [0.3, 0.4) is 0 Å². The second-order valence-electron chi connectivity index (χ2n) is 5.51. The Balaban J connectivity index is 1.66. The summed E-state index contributed by atoms with van der Waals surface area (Å²) in [6.45, 7) is 5.18. The van der Waals surface area contributed by atoms with Gasteiger partial charge in [0.2, 0.25) is 5.88 Å². The van der Waals surface area contributed by atoms with Crippen molar-refractivity contribution in [1.29, 1.82) is 0 Å². The lowest BCUT2D eigenvalue weighted by atomic mass is 10.1. The first-order chi connectivity index (χ1) is 10.6. The van der Waals surface area contributed by atoms with Crippen molar-refractivity contribution in [3.05, 3.63) is 40.0 Å². The molecule has 0 N–H and O–H groups in total. The minimum absolute atomic E-state index is 0.00800. The van der Waals surface area contributed by atoms with Crippen LogP contribution in [0.4, 0.5) is 0 Å². The monoisotopic (exact) mass is 317 g/mol. The molecule has 116 valence electrons. The Bertz CT molecular complexity index is 637. The first-order valence-electron chi connectivity index (χ1n) is 7.43. The van der Waals surface area contributed by atoms with E-state index in [0.717, 1.165) is 30.0 Å². The molecule has 1 atom stereocenters. The molecule has 0 spiro atoms. The van der Waals surface area contributed by atoms with Gasteiger partial charge in [-0.2, -0.15) is 4.98 Å². The van der Waals surface area contributed by atoms with Crippen LogP contribution in [0.1, 0.15) is 34.0 Å². The largest absolute Gasteiger partial charge is 0.472 e. The molecule has 2 aromatic heterocycles. The molecule has 0 unspecified atom stereocenters. The highest BCUT2D eigenvalue weighted by Gasteiger charge is 2.26. The predicted octanol–water partition coefficient (Wildman–Crippen LogP) is 2.84. The molecule has 22 heavy (non-hydrogen) atoms. The summed E-state index contributed by atoms with van der Waals surface area (Å²) in [7, 11) is 0. The third-order valence-electron chi connectivity index (χ3n) is 3.63. The Kier molecular flexibility index (Phi) is 4.38. The van der Waals surface area contributed by atoms with Gasteiger partial charge in [0.15, 0.2) is 0 Å². The molecule has 2 aromatic rings. The number of nitrogens with zero attached hydrogens (tertiary/aromatic N) is 3. The summed E-state index contributed by atoms with van der Waals surface area (Å²) in [5.41, 5.74) is 0.893. The SMILES string of the molecule is Cc1cc(O[C@@H]2CCCN(C(=O)c3cccs3)C2)nc(C)n1. The molecule has 1 aliphatic rings. The summed E-state index contributed by atoms with van der Waals surface area (Å²) in [4.78, 5) is 23.6. The maximum Gasteiger partial charge on any atom is 0.264 e. The van der Waals surface area contributed by atoms with E-state index in [9.17, 15) is 4.79 Å². The van der Waals surface area contributed by atoms with Crippen molar-refractivity contribution >= 4 is 17.2 Å². The summed E-state index contributed by atoms with van der Waals surface area (Å²) in [5.74, 6) is 1.40. The van der Waals surface area contributed by atoms with E-state index >= 15 is 0 Å². The number of carbonyl (C=O) groups excluding carboxylic acids is 1. The maximum atomic E-state index is 12.4. The quantitative estimate of drug-likeness (QED) is 0.873. The standard InChI is InChI=1S/C16H19N3O2S/c1-11-9-15(18-12(2)17-11)21-13-5-3-7-19(10-13)16(20)14-6-4-8-22-14/h4,6,8-9,13H,3,5,7,10H2,1-2H3/t13-/m1/s1. The molecule has 0 radical (unpaired) electrons. The summed E-state index contributed by atoms with van der Waals surface area (Å²) >= 11 is 1.48. The number of amides is 1. The molecule has 6 heteroatoms. The van der Waals surface area contributed by atoms with Crippen LogP contribution in [0, 0.1) is 13.8 Å². The van der Waals surface area contributed by atoms with Crippen molar-refractivity contribution in [2.45, 2.75) is 32.8 Å². The molecule has 1 amide bonds. The third-order valence-corrected chi connectivity index (χ3v) is 4.49.